The first-order valence-electron chi connectivity index (χ1n) is 9.59. The Balaban J connectivity index is 1.55. The van der Waals surface area contributed by atoms with E-state index >= 15 is 0 Å². The molecule has 0 bridgehead atoms. The van der Waals surface area contributed by atoms with Gasteiger partial charge in [0.05, 0.1) is 16.8 Å². The second kappa shape index (κ2) is 8.24. The minimum absolute atomic E-state index is 0.0756. The van der Waals surface area contributed by atoms with Gasteiger partial charge in [-0.2, -0.15) is 0 Å². The van der Waals surface area contributed by atoms with E-state index in [-0.39, 0.29) is 17.8 Å². The first-order chi connectivity index (χ1) is 14.1. The number of ether oxygens (including phenoxy) is 1. The van der Waals surface area contributed by atoms with Crippen LogP contribution in [0, 0.1) is 5.82 Å². The van der Waals surface area contributed by atoms with Crippen LogP contribution in [-0.4, -0.2) is 59.2 Å². The number of aromatic nitrogens is 1. The summed E-state index contributed by atoms with van der Waals surface area (Å²) in [4.78, 5) is 28.5. The van der Waals surface area contributed by atoms with Crippen molar-refractivity contribution in [2.75, 3.05) is 32.8 Å². The molecule has 1 saturated heterocycles. The Morgan fingerprint density at radius 2 is 1.86 bits per heavy atom. The van der Waals surface area contributed by atoms with E-state index in [1.807, 2.05) is 28.1 Å². The van der Waals surface area contributed by atoms with Crippen molar-refractivity contribution >= 4 is 33.6 Å². The molecule has 2 aromatic heterocycles. The molecular weight excluding hydrogens is 393 g/mol. The van der Waals surface area contributed by atoms with Gasteiger partial charge in [-0.05, 0) is 42.1 Å². The Kier molecular flexibility index (Phi) is 5.53. The molecule has 1 aliphatic rings. The fourth-order valence-corrected chi connectivity index (χ4v) is 4.43. The summed E-state index contributed by atoms with van der Waals surface area (Å²) >= 11 is 1.57. The normalized spacial score (nSPS) is 14.4. The van der Waals surface area contributed by atoms with E-state index in [0.717, 1.165) is 15.8 Å². The van der Waals surface area contributed by atoms with E-state index < -0.39 is 0 Å². The van der Waals surface area contributed by atoms with E-state index in [0.29, 0.717) is 45.0 Å². The van der Waals surface area contributed by atoms with E-state index in [4.69, 9.17) is 4.74 Å². The van der Waals surface area contributed by atoms with Gasteiger partial charge in [-0.3, -0.25) is 4.79 Å². The summed E-state index contributed by atoms with van der Waals surface area (Å²) < 4.78 is 21.6. The lowest BCUT2D eigenvalue weighted by molar-refractivity contribution is 0.0563. The molecule has 152 valence electrons. The number of halogens is 1. The molecule has 0 unspecified atom stereocenters. The van der Waals surface area contributed by atoms with E-state index in [1.54, 1.807) is 34.1 Å². The molecule has 3 aromatic rings. The predicted octanol–water partition coefficient (Wildman–Crippen LogP) is 3.80. The number of fused-ring (bicyclic) bond motifs is 1. The Hall–Kier alpha value is -2.87. The molecule has 0 spiro atoms. The first kappa shape index (κ1) is 19.4. The van der Waals surface area contributed by atoms with Gasteiger partial charge in [0.1, 0.15) is 11.5 Å². The molecule has 0 aliphatic carbocycles. The average Bonchev–Trinajstić information content (AvgIpc) is 3.30. The predicted molar refractivity (Wildman–Crippen MR) is 110 cm³/mol. The molecule has 0 N–H and O–H groups in total. The van der Waals surface area contributed by atoms with Crippen LogP contribution in [0.4, 0.5) is 9.18 Å². The maximum Gasteiger partial charge on any atom is 0.409 e. The molecule has 1 fully saturated rings. The fourth-order valence-electron chi connectivity index (χ4n) is 3.61. The van der Waals surface area contributed by atoms with Crippen LogP contribution in [0.3, 0.4) is 0 Å². The highest BCUT2D eigenvalue weighted by molar-refractivity contribution is 7.17. The summed E-state index contributed by atoms with van der Waals surface area (Å²) in [6.07, 6.45) is -0.338. The summed E-state index contributed by atoms with van der Waals surface area (Å²) in [7, 11) is 0. The Morgan fingerprint density at radius 3 is 2.59 bits per heavy atom. The molecule has 0 saturated carbocycles. The lowest BCUT2D eigenvalue weighted by Crippen LogP contribution is -2.51. The smallest absolute Gasteiger partial charge is 0.409 e. The Bertz CT molecular complexity index is 1040. The molecular formula is C21H22FN3O3S. The van der Waals surface area contributed by atoms with Crippen molar-refractivity contribution in [1.82, 2.24) is 14.4 Å². The zero-order valence-electron chi connectivity index (χ0n) is 16.1. The largest absolute Gasteiger partial charge is 0.450 e. The van der Waals surface area contributed by atoms with Gasteiger partial charge in [0.25, 0.3) is 5.91 Å². The lowest BCUT2D eigenvalue weighted by atomic mass is 10.2. The van der Waals surface area contributed by atoms with Crippen LogP contribution in [0.5, 0.6) is 0 Å². The van der Waals surface area contributed by atoms with Gasteiger partial charge in [0, 0.05) is 32.7 Å². The molecule has 0 atom stereocenters. The third-order valence-corrected chi connectivity index (χ3v) is 5.92. The van der Waals surface area contributed by atoms with Gasteiger partial charge in [-0.25, -0.2) is 9.18 Å². The quantitative estimate of drug-likeness (QED) is 0.651. The summed E-state index contributed by atoms with van der Waals surface area (Å²) in [6.45, 7) is 4.33. The zero-order chi connectivity index (χ0) is 20.4. The minimum Gasteiger partial charge on any atom is -0.450 e. The Morgan fingerprint density at radius 1 is 1.10 bits per heavy atom. The second-order valence-corrected chi connectivity index (χ2v) is 7.84. The van der Waals surface area contributed by atoms with Gasteiger partial charge in [0.15, 0.2) is 0 Å². The Labute approximate surface area is 172 Å². The molecule has 8 heteroatoms. The number of piperazine rings is 1. The molecule has 1 aromatic carbocycles. The number of amides is 2. The van der Waals surface area contributed by atoms with Crippen LogP contribution < -0.4 is 0 Å². The van der Waals surface area contributed by atoms with Crippen molar-refractivity contribution in [2.45, 2.75) is 13.5 Å². The molecule has 6 nitrogen and oxygen atoms in total. The third kappa shape index (κ3) is 3.98. The van der Waals surface area contributed by atoms with Crippen LogP contribution >= 0.6 is 11.3 Å². The number of rotatable bonds is 4. The number of hydrogen-bond acceptors (Lipinski definition) is 4. The van der Waals surface area contributed by atoms with Gasteiger partial charge < -0.3 is 19.1 Å². The first-order valence-corrected chi connectivity index (χ1v) is 10.5. The number of thiophene rings is 1. The van der Waals surface area contributed by atoms with Crippen molar-refractivity contribution in [3.8, 4) is 0 Å². The highest BCUT2D eigenvalue weighted by atomic mass is 32.1. The molecule has 2 amide bonds. The zero-order valence-corrected chi connectivity index (χ0v) is 17.0. The van der Waals surface area contributed by atoms with Crippen molar-refractivity contribution in [3.63, 3.8) is 0 Å². The number of hydrogen-bond donors (Lipinski definition) is 0. The summed E-state index contributed by atoms with van der Waals surface area (Å²) in [5, 5.41) is 1.99. The van der Waals surface area contributed by atoms with Crippen LogP contribution in [0.1, 0.15) is 23.0 Å². The van der Waals surface area contributed by atoms with Crippen molar-refractivity contribution in [1.29, 1.82) is 0 Å². The highest BCUT2D eigenvalue weighted by Crippen LogP contribution is 2.27. The van der Waals surface area contributed by atoms with E-state index in [9.17, 15) is 14.0 Å². The van der Waals surface area contributed by atoms with Crippen LogP contribution in [0.15, 0.2) is 41.8 Å². The monoisotopic (exact) mass is 415 g/mol. The third-order valence-electron chi connectivity index (χ3n) is 5.06. The van der Waals surface area contributed by atoms with Gasteiger partial charge in [-0.1, -0.05) is 12.1 Å². The maximum atomic E-state index is 13.6. The molecule has 4 rings (SSSR count). The maximum absolute atomic E-state index is 13.6. The molecule has 0 radical (unpaired) electrons. The van der Waals surface area contributed by atoms with Gasteiger partial charge in [-0.15, -0.1) is 11.3 Å². The lowest BCUT2D eigenvalue weighted by Gasteiger charge is -2.34. The number of nitrogens with zero attached hydrogens (tertiary/aromatic N) is 3. The minimum atomic E-state index is -0.338. The number of carbonyl (C=O) groups excluding carboxylic acids is 2. The highest BCUT2D eigenvalue weighted by Gasteiger charge is 2.28. The van der Waals surface area contributed by atoms with E-state index in [2.05, 4.69) is 0 Å². The van der Waals surface area contributed by atoms with Crippen LogP contribution in [0.25, 0.3) is 10.2 Å². The summed E-state index contributed by atoms with van der Waals surface area (Å²) in [6, 6.07) is 10.3. The number of benzene rings is 1. The van der Waals surface area contributed by atoms with Crippen molar-refractivity contribution in [3.05, 3.63) is 58.9 Å². The van der Waals surface area contributed by atoms with Crippen LogP contribution in [-0.2, 0) is 11.3 Å². The number of carbonyl (C=O) groups is 2. The van der Waals surface area contributed by atoms with Gasteiger partial charge >= 0.3 is 6.09 Å². The van der Waals surface area contributed by atoms with Crippen LogP contribution in [0.2, 0.25) is 0 Å². The SMILES string of the molecule is CCOC(=O)N1CCN(C(=O)c2cc3sccc3n2Cc2cccc(F)c2)CC1. The topological polar surface area (TPSA) is 54.8 Å². The molecule has 3 heterocycles. The fraction of sp³-hybridized carbons (Fsp3) is 0.333. The van der Waals surface area contributed by atoms with Gasteiger partial charge in [0.2, 0.25) is 0 Å². The average molecular weight is 415 g/mol. The molecule has 1 aliphatic heterocycles. The van der Waals surface area contributed by atoms with E-state index in [1.165, 1.54) is 12.1 Å². The summed E-state index contributed by atoms with van der Waals surface area (Å²) in [5.74, 6) is -0.368. The summed E-state index contributed by atoms with van der Waals surface area (Å²) in [5.41, 5.74) is 2.35. The standard InChI is InChI=1S/C21H22FN3O3S/c1-2-28-21(27)24-9-7-23(8-10-24)20(26)18-13-19-17(6-11-29-19)25(18)14-15-4-3-5-16(22)12-15/h3-6,11-13H,2,7-10,14H2,1H3. The van der Waals surface area contributed by atoms with Crippen molar-refractivity contribution in [2.24, 2.45) is 0 Å². The second-order valence-electron chi connectivity index (χ2n) is 6.89. The van der Waals surface area contributed by atoms with Crippen molar-refractivity contribution < 1.29 is 18.7 Å². The molecule has 29 heavy (non-hydrogen) atoms.